The maximum atomic E-state index is 12.2. The van der Waals surface area contributed by atoms with Gasteiger partial charge in [-0.25, -0.2) is 4.57 Å². The monoisotopic (exact) mass is 411 g/mol. The Morgan fingerprint density at radius 1 is 1.00 bits per heavy atom. The standard InChI is InChI=1S/C21H34NO5P/c23-21(22-17-16-20(18-22)27-28(24,25)26)15-11-6-4-2-1-3-5-8-12-19-13-9-7-10-14-19/h7,9-10,13-14,20H,1-6,8,11-12,15-18H2,(H2,24,25,26)/t20-/m1/s1. The second-order valence-electron chi connectivity index (χ2n) is 7.66. The molecule has 1 heterocycles. The molecular formula is C21H34NO5P. The minimum atomic E-state index is -4.47. The molecule has 1 fully saturated rings. The molecule has 0 radical (unpaired) electrons. The summed E-state index contributed by atoms with van der Waals surface area (Å²) in [5, 5.41) is 0. The number of rotatable bonds is 13. The van der Waals surface area contributed by atoms with Crippen LogP contribution >= 0.6 is 7.82 Å². The van der Waals surface area contributed by atoms with Crippen LogP contribution in [0.25, 0.3) is 0 Å². The van der Waals surface area contributed by atoms with Gasteiger partial charge in [0.25, 0.3) is 0 Å². The molecule has 1 aromatic carbocycles. The van der Waals surface area contributed by atoms with Gasteiger partial charge in [-0.2, -0.15) is 0 Å². The summed E-state index contributed by atoms with van der Waals surface area (Å²) in [6.45, 7) is 0.805. The van der Waals surface area contributed by atoms with Gasteiger partial charge in [0.15, 0.2) is 0 Å². The smallest absolute Gasteiger partial charge is 0.340 e. The van der Waals surface area contributed by atoms with Gasteiger partial charge in [-0.1, -0.05) is 68.9 Å². The number of aryl methyl sites for hydroxylation is 1. The van der Waals surface area contributed by atoms with Crippen molar-refractivity contribution in [2.24, 2.45) is 0 Å². The Morgan fingerprint density at radius 2 is 1.61 bits per heavy atom. The summed E-state index contributed by atoms with van der Waals surface area (Å²) in [4.78, 5) is 31.5. The molecule has 28 heavy (non-hydrogen) atoms. The SMILES string of the molecule is O=C(CCCCCCCCCCc1ccccc1)N1CC[C@@H](OP(=O)(O)O)C1. The van der Waals surface area contributed by atoms with Crippen LogP contribution in [0.3, 0.4) is 0 Å². The van der Waals surface area contributed by atoms with E-state index in [1.807, 2.05) is 0 Å². The fourth-order valence-electron chi connectivity index (χ4n) is 3.70. The molecule has 0 spiro atoms. The summed E-state index contributed by atoms with van der Waals surface area (Å²) in [5.74, 6) is 0.0673. The van der Waals surface area contributed by atoms with Gasteiger partial charge < -0.3 is 14.7 Å². The molecule has 1 aromatic rings. The summed E-state index contributed by atoms with van der Waals surface area (Å²) in [7, 11) is -4.47. The Labute approximate surface area is 168 Å². The lowest BCUT2D eigenvalue weighted by molar-refractivity contribution is -0.130. The van der Waals surface area contributed by atoms with Crippen LogP contribution in [0, 0.1) is 0 Å². The zero-order valence-electron chi connectivity index (χ0n) is 16.7. The molecule has 1 saturated heterocycles. The van der Waals surface area contributed by atoms with Crippen molar-refractivity contribution in [3.05, 3.63) is 35.9 Å². The maximum Gasteiger partial charge on any atom is 0.469 e. The number of carbonyl (C=O) groups is 1. The first-order chi connectivity index (χ1) is 13.4. The van der Waals surface area contributed by atoms with E-state index in [9.17, 15) is 9.36 Å². The van der Waals surface area contributed by atoms with Crippen molar-refractivity contribution in [3.8, 4) is 0 Å². The average molecular weight is 411 g/mol. The maximum absolute atomic E-state index is 12.2. The van der Waals surface area contributed by atoms with Gasteiger partial charge in [-0.3, -0.25) is 9.32 Å². The van der Waals surface area contributed by atoms with Gasteiger partial charge in [0.05, 0.1) is 6.10 Å². The van der Waals surface area contributed by atoms with Crippen molar-refractivity contribution in [3.63, 3.8) is 0 Å². The van der Waals surface area contributed by atoms with Crippen molar-refractivity contribution in [2.75, 3.05) is 13.1 Å². The number of hydrogen-bond donors (Lipinski definition) is 2. The van der Waals surface area contributed by atoms with Gasteiger partial charge in [-0.05, 0) is 31.2 Å². The first kappa shape index (κ1) is 23.1. The van der Waals surface area contributed by atoms with E-state index in [1.165, 1.54) is 44.1 Å². The molecule has 1 aliphatic heterocycles. The van der Waals surface area contributed by atoms with Crippen LogP contribution in [0.15, 0.2) is 30.3 Å². The molecule has 0 unspecified atom stereocenters. The molecular weight excluding hydrogens is 377 g/mol. The highest BCUT2D eigenvalue weighted by molar-refractivity contribution is 7.46. The van der Waals surface area contributed by atoms with E-state index in [0.29, 0.717) is 19.4 Å². The lowest BCUT2D eigenvalue weighted by Crippen LogP contribution is -2.29. The average Bonchev–Trinajstić information content (AvgIpc) is 3.10. The van der Waals surface area contributed by atoms with Crippen LogP contribution in [-0.2, 0) is 20.3 Å². The number of carbonyl (C=O) groups excluding carboxylic acids is 1. The zero-order chi connectivity index (χ0) is 20.2. The summed E-state index contributed by atoms with van der Waals surface area (Å²) < 4.78 is 15.5. The molecule has 2 N–H and O–H groups in total. The van der Waals surface area contributed by atoms with E-state index in [2.05, 4.69) is 34.9 Å². The van der Waals surface area contributed by atoms with Crippen molar-refractivity contribution in [1.82, 2.24) is 4.90 Å². The van der Waals surface area contributed by atoms with Crippen LogP contribution in [-0.4, -0.2) is 39.8 Å². The quantitative estimate of drug-likeness (QED) is 0.370. The van der Waals surface area contributed by atoms with Crippen molar-refractivity contribution in [1.29, 1.82) is 0 Å². The molecule has 1 amide bonds. The van der Waals surface area contributed by atoms with Gasteiger partial charge >= 0.3 is 7.82 Å². The molecule has 0 bridgehead atoms. The molecule has 0 aliphatic carbocycles. The Morgan fingerprint density at radius 3 is 2.25 bits per heavy atom. The van der Waals surface area contributed by atoms with E-state index < -0.39 is 13.9 Å². The van der Waals surface area contributed by atoms with Gasteiger partial charge in [0.2, 0.25) is 5.91 Å². The molecule has 158 valence electrons. The molecule has 0 saturated carbocycles. The second-order valence-corrected chi connectivity index (χ2v) is 8.85. The lowest BCUT2D eigenvalue weighted by atomic mass is 10.0. The van der Waals surface area contributed by atoms with Crippen LogP contribution in [0.5, 0.6) is 0 Å². The molecule has 2 rings (SSSR count). The number of phosphoric ester groups is 1. The molecule has 6 nitrogen and oxygen atoms in total. The number of amides is 1. The van der Waals surface area contributed by atoms with Gasteiger partial charge in [-0.15, -0.1) is 0 Å². The Kier molecular flexibility index (Phi) is 10.2. The molecule has 1 atom stereocenters. The summed E-state index contributed by atoms with van der Waals surface area (Å²) >= 11 is 0. The summed E-state index contributed by atoms with van der Waals surface area (Å²) in [6, 6.07) is 10.6. The summed E-state index contributed by atoms with van der Waals surface area (Å²) in [5.41, 5.74) is 1.42. The number of hydrogen-bond acceptors (Lipinski definition) is 3. The summed E-state index contributed by atoms with van der Waals surface area (Å²) in [6.07, 6.45) is 11.0. The zero-order valence-corrected chi connectivity index (χ0v) is 17.6. The third-order valence-electron chi connectivity index (χ3n) is 5.23. The number of benzene rings is 1. The largest absolute Gasteiger partial charge is 0.469 e. The minimum absolute atomic E-state index is 0.0673. The predicted octanol–water partition coefficient (Wildman–Crippen LogP) is 4.45. The number of nitrogens with zero attached hydrogens (tertiary/aromatic N) is 1. The highest BCUT2D eigenvalue weighted by atomic mass is 31.2. The third-order valence-corrected chi connectivity index (χ3v) is 5.81. The van der Waals surface area contributed by atoms with E-state index in [-0.39, 0.29) is 12.5 Å². The van der Waals surface area contributed by atoms with Crippen LogP contribution in [0.1, 0.15) is 69.8 Å². The lowest BCUT2D eigenvalue weighted by Gasteiger charge is -2.16. The topological polar surface area (TPSA) is 87.1 Å². The Balaban J connectivity index is 1.41. The molecule has 1 aliphatic rings. The van der Waals surface area contributed by atoms with Gasteiger partial charge in [0, 0.05) is 19.5 Å². The van der Waals surface area contributed by atoms with Gasteiger partial charge in [0.1, 0.15) is 0 Å². The fourth-order valence-corrected chi connectivity index (χ4v) is 4.26. The van der Waals surface area contributed by atoms with Crippen LogP contribution < -0.4 is 0 Å². The number of phosphoric acid groups is 1. The van der Waals surface area contributed by atoms with E-state index in [4.69, 9.17) is 9.79 Å². The van der Waals surface area contributed by atoms with E-state index in [1.54, 1.807) is 4.90 Å². The third kappa shape index (κ3) is 9.83. The number of unbranched alkanes of at least 4 members (excludes halogenated alkanes) is 7. The highest BCUT2D eigenvalue weighted by Gasteiger charge is 2.31. The first-order valence-electron chi connectivity index (χ1n) is 10.5. The Bertz CT molecular complexity index is 618. The van der Waals surface area contributed by atoms with E-state index >= 15 is 0 Å². The normalized spacial score (nSPS) is 17.2. The molecule has 7 heteroatoms. The second kappa shape index (κ2) is 12.4. The highest BCUT2D eigenvalue weighted by Crippen LogP contribution is 2.39. The van der Waals surface area contributed by atoms with Crippen molar-refractivity contribution in [2.45, 2.75) is 76.7 Å². The first-order valence-corrected chi connectivity index (χ1v) is 12.0. The van der Waals surface area contributed by atoms with E-state index in [0.717, 1.165) is 19.3 Å². The van der Waals surface area contributed by atoms with Crippen molar-refractivity contribution < 1.29 is 23.7 Å². The fraction of sp³-hybridized carbons (Fsp3) is 0.667. The predicted molar refractivity (Wildman–Crippen MR) is 110 cm³/mol. The molecule has 0 aromatic heterocycles. The van der Waals surface area contributed by atoms with Crippen molar-refractivity contribution >= 4 is 13.7 Å². The van der Waals surface area contributed by atoms with Crippen LogP contribution in [0.4, 0.5) is 0 Å². The van der Waals surface area contributed by atoms with Crippen LogP contribution in [0.2, 0.25) is 0 Å². The number of likely N-dealkylation sites (tertiary alicyclic amines) is 1. The Hall–Kier alpha value is -1.20. The minimum Gasteiger partial charge on any atom is -0.340 e.